The second kappa shape index (κ2) is 7.47. The number of aromatic nitrogens is 5. The van der Waals surface area contributed by atoms with Crippen molar-refractivity contribution >= 4 is 29.0 Å². The fraction of sp³-hybridized carbons (Fsp3) is 0.200. The fourth-order valence-corrected chi connectivity index (χ4v) is 3.71. The summed E-state index contributed by atoms with van der Waals surface area (Å²) in [7, 11) is 0. The van der Waals surface area contributed by atoms with E-state index in [2.05, 4.69) is 20.6 Å². The molecule has 1 N–H and O–H groups in total. The Morgan fingerprint density at radius 3 is 2.64 bits per heavy atom. The van der Waals surface area contributed by atoms with Gasteiger partial charge in [0.05, 0.1) is 28.5 Å². The zero-order valence-corrected chi connectivity index (χ0v) is 16.7. The molecule has 0 bridgehead atoms. The lowest BCUT2D eigenvalue weighted by Crippen LogP contribution is -2.15. The van der Waals surface area contributed by atoms with Gasteiger partial charge in [-0.25, -0.2) is 4.68 Å². The molecule has 8 heteroatoms. The predicted molar refractivity (Wildman–Crippen MR) is 110 cm³/mol. The molecule has 0 spiro atoms. The Morgan fingerprint density at radius 1 is 1.07 bits per heavy atom. The van der Waals surface area contributed by atoms with Crippen LogP contribution in [0.25, 0.3) is 11.3 Å². The smallest absolute Gasteiger partial charge is 0.234 e. The Labute approximate surface area is 166 Å². The van der Waals surface area contributed by atoms with Crippen molar-refractivity contribution in [2.45, 2.75) is 25.9 Å². The van der Waals surface area contributed by atoms with Crippen molar-refractivity contribution in [2.75, 3.05) is 11.1 Å². The minimum Gasteiger partial charge on any atom is -0.322 e. The summed E-state index contributed by atoms with van der Waals surface area (Å²) < 4.78 is 3.72. The van der Waals surface area contributed by atoms with E-state index >= 15 is 0 Å². The number of benzene rings is 1. The van der Waals surface area contributed by atoms with Crippen LogP contribution in [-0.4, -0.2) is 36.0 Å². The number of aryl methyl sites for hydroxylation is 2. The van der Waals surface area contributed by atoms with Gasteiger partial charge in [-0.1, -0.05) is 35.5 Å². The van der Waals surface area contributed by atoms with Crippen LogP contribution in [-0.2, 0) is 4.79 Å². The first kappa shape index (κ1) is 18.2. The number of carbonyl (C=O) groups excluding carboxylic acids is 1. The van der Waals surface area contributed by atoms with E-state index < -0.39 is 0 Å². The van der Waals surface area contributed by atoms with E-state index in [1.165, 1.54) is 17.3 Å². The fourth-order valence-electron chi connectivity index (χ4n) is 2.98. The lowest BCUT2D eigenvalue weighted by molar-refractivity contribution is -0.113. The average Bonchev–Trinajstić information content (AvgIpc) is 3.23. The number of thioether (sulfide) groups is 1. The first-order valence-electron chi connectivity index (χ1n) is 8.88. The van der Waals surface area contributed by atoms with Crippen LogP contribution in [0.15, 0.2) is 53.8 Å². The Balaban J connectivity index is 1.48. The van der Waals surface area contributed by atoms with Crippen LogP contribution in [0.1, 0.15) is 17.0 Å². The van der Waals surface area contributed by atoms with Crippen LogP contribution in [0, 0.1) is 20.8 Å². The van der Waals surface area contributed by atoms with Gasteiger partial charge >= 0.3 is 0 Å². The Bertz CT molecular complexity index is 1150. The van der Waals surface area contributed by atoms with Gasteiger partial charge in [0, 0.05) is 6.20 Å². The van der Waals surface area contributed by atoms with E-state index in [1.54, 1.807) is 0 Å². The number of hydrogen-bond donors (Lipinski definition) is 1. The molecule has 7 nitrogen and oxygen atoms in total. The first-order valence-corrected chi connectivity index (χ1v) is 9.87. The molecule has 3 heterocycles. The molecule has 0 fully saturated rings. The molecule has 28 heavy (non-hydrogen) atoms. The quantitative estimate of drug-likeness (QED) is 0.526. The summed E-state index contributed by atoms with van der Waals surface area (Å²) in [6.07, 6.45) is 1.88. The van der Waals surface area contributed by atoms with Crippen molar-refractivity contribution in [3.63, 3.8) is 0 Å². The predicted octanol–water partition coefficient (Wildman–Crippen LogP) is 3.57. The first-order chi connectivity index (χ1) is 13.5. The third-order valence-electron chi connectivity index (χ3n) is 4.45. The average molecular weight is 392 g/mol. The molecule has 0 aliphatic rings. The maximum atomic E-state index is 12.5. The van der Waals surface area contributed by atoms with Crippen LogP contribution >= 0.6 is 11.8 Å². The van der Waals surface area contributed by atoms with Crippen LogP contribution in [0.2, 0.25) is 0 Å². The monoisotopic (exact) mass is 392 g/mol. The molecule has 0 atom stereocenters. The van der Waals surface area contributed by atoms with Crippen molar-refractivity contribution in [3.8, 4) is 5.69 Å². The minimum atomic E-state index is -0.104. The molecule has 0 unspecified atom stereocenters. The highest BCUT2D eigenvalue weighted by atomic mass is 32.2. The van der Waals surface area contributed by atoms with Crippen molar-refractivity contribution in [2.24, 2.45) is 0 Å². The molecule has 0 saturated carbocycles. The summed E-state index contributed by atoms with van der Waals surface area (Å²) in [4.78, 5) is 12.5. The van der Waals surface area contributed by atoms with Crippen LogP contribution in [0.3, 0.4) is 0 Å². The summed E-state index contributed by atoms with van der Waals surface area (Å²) in [5, 5.41) is 16.5. The van der Waals surface area contributed by atoms with E-state index in [9.17, 15) is 4.79 Å². The molecule has 3 aromatic heterocycles. The number of carbonyl (C=O) groups is 1. The number of fused-ring (bicyclic) bond motifs is 1. The van der Waals surface area contributed by atoms with E-state index in [4.69, 9.17) is 0 Å². The highest BCUT2D eigenvalue weighted by Gasteiger charge is 2.16. The summed E-state index contributed by atoms with van der Waals surface area (Å²) in [6.45, 7) is 5.90. The molecular formula is C20H20N6OS. The number of nitrogens with zero attached hydrogens (tertiary/aromatic N) is 5. The lowest BCUT2D eigenvalue weighted by Gasteiger charge is -2.07. The van der Waals surface area contributed by atoms with Gasteiger partial charge in [0.1, 0.15) is 0 Å². The van der Waals surface area contributed by atoms with Gasteiger partial charge in [0.2, 0.25) is 5.91 Å². The van der Waals surface area contributed by atoms with E-state index in [-0.39, 0.29) is 11.7 Å². The minimum absolute atomic E-state index is 0.104. The highest BCUT2D eigenvalue weighted by Crippen LogP contribution is 2.24. The normalized spacial score (nSPS) is 11.1. The third kappa shape index (κ3) is 3.50. The van der Waals surface area contributed by atoms with Crippen LogP contribution in [0.4, 0.5) is 5.69 Å². The van der Waals surface area contributed by atoms with Gasteiger partial charge in [-0.05, 0) is 45.0 Å². The van der Waals surface area contributed by atoms with Gasteiger partial charge in [0.15, 0.2) is 10.8 Å². The summed E-state index contributed by atoms with van der Waals surface area (Å²) in [5.41, 5.74) is 5.35. The molecule has 142 valence electrons. The van der Waals surface area contributed by atoms with Crippen molar-refractivity contribution in [1.82, 2.24) is 24.4 Å². The lowest BCUT2D eigenvalue weighted by atomic mass is 10.2. The molecule has 0 radical (unpaired) electrons. The SMILES string of the molecule is Cc1ccc(-n2nc(C)c(NC(=O)CSc3nnc4ccccn34)c2C)cc1. The maximum Gasteiger partial charge on any atom is 0.234 e. The largest absolute Gasteiger partial charge is 0.322 e. The van der Waals surface area contributed by atoms with Gasteiger partial charge in [-0.15, -0.1) is 10.2 Å². The molecule has 0 aliphatic carbocycles. The molecule has 1 amide bonds. The summed E-state index contributed by atoms with van der Waals surface area (Å²) >= 11 is 1.35. The molecule has 1 aromatic carbocycles. The van der Waals surface area contributed by atoms with E-state index in [1.807, 2.05) is 78.5 Å². The standard InChI is InChI=1S/C20H20N6OS/c1-13-7-9-16(10-8-13)26-15(3)19(14(2)24-26)21-18(27)12-28-20-23-22-17-6-4-5-11-25(17)20/h4-11H,12H2,1-3H3,(H,21,27). The van der Waals surface area contributed by atoms with Crippen molar-refractivity contribution in [3.05, 3.63) is 65.6 Å². The number of nitrogens with one attached hydrogen (secondary N) is 1. The van der Waals surface area contributed by atoms with Crippen LogP contribution < -0.4 is 5.32 Å². The molecule has 4 aromatic rings. The van der Waals surface area contributed by atoms with Crippen molar-refractivity contribution < 1.29 is 4.79 Å². The molecule has 4 rings (SSSR count). The third-order valence-corrected chi connectivity index (χ3v) is 5.39. The zero-order chi connectivity index (χ0) is 19.7. The van der Waals surface area contributed by atoms with Crippen molar-refractivity contribution in [1.29, 1.82) is 0 Å². The number of amides is 1. The number of anilines is 1. The summed E-state index contributed by atoms with van der Waals surface area (Å²) in [6, 6.07) is 13.8. The summed E-state index contributed by atoms with van der Waals surface area (Å²) in [5.74, 6) is 0.136. The Morgan fingerprint density at radius 2 is 1.86 bits per heavy atom. The topological polar surface area (TPSA) is 77.1 Å². The second-order valence-electron chi connectivity index (χ2n) is 6.54. The number of hydrogen-bond acceptors (Lipinski definition) is 5. The molecule has 0 saturated heterocycles. The zero-order valence-electron chi connectivity index (χ0n) is 15.9. The number of pyridine rings is 1. The second-order valence-corrected chi connectivity index (χ2v) is 7.48. The van der Waals surface area contributed by atoms with Gasteiger partial charge in [-0.2, -0.15) is 5.10 Å². The molecule has 0 aliphatic heterocycles. The van der Waals surface area contributed by atoms with Gasteiger partial charge < -0.3 is 5.32 Å². The van der Waals surface area contributed by atoms with E-state index in [0.717, 1.165) is 28.4 Å². The van der Waals surface area contributed by atoms with E-state index in [0.29, 0.717) is 5.16 Å². The Kier molecular flexibility index (Phi) is 4.87. The molecular weight excluding hydrogens is 372 g/mol. The Hall–Kier alpha value is -3.13. The van der Waals surface area contributed by atoms with Crippen LogP contribution in [0.5, 0.6) is 0 Å². The van der Waals surface area contributed by atoms with Gasteiger partial charge in [-0.3, -0.25) is 9.20 Å². The maximum absolute atomic E-state index is 12.5. The number of rotatable bonds is 5. The highest BCUT2D eigenvalue weighted by molar-refractivity contribution is 7.99. The van der Waals surface area contributed by atoms with Gasteiger partial charge in [0.25, 0.3) is 0 Å².